The summed E-state index contributed by atoms with van der Waals surface area (Å²) in [6.45, 7) is 10.7. The molecule has 0 amide bonds. The van der Waals surface area contributed by atoms with Crippen molar-refractivity contribution in [3.8, 4) is 5.75 Å². The maximum atomic E-state index is 13.1. The smallest absolute Gasteiger partial charge is 0.339 e. The molecular formula is C25H29NO6S. The summed E-state index contributed by atoms with van der Waals surface area (Å²) in [6, 6.07) is 8.65. The van der Waals surface area contributed by atoms with E-state index in [-0.39, 0.29) is 16.6 Å². The number of carbonyl (C=O) groups is 1. The molecule has 1 aromatic heterocycles. The summed E-state index contributed by atoms with van der Waals surface area (Å²) in [5.74, 6) is -0.836. The highest BCUT2D eigenvalue weighted by atomic mass is 32.2. The molecule has 0 radical (unpaired) electrons. The van der Waals surface area contributed by atoms with Crippen LogP contribution in [0.25, 0.3) is 11.0 Å². The van der Waals surface area contributed by atoms with Crippen molar-refractivity contribution in [3.05, 3.63) is 69.1 Å². The van der Waals surface area contributed by atoms with Crippen LogP contribution in [0.3, 0.4) is 0 Å². The van der Waals surface area contributed by atoms with Crippen LogP contribution in [0.5, 0.6) is 5.75 Å². The molecule has 2 aromatic carbocycles. The molecule has 176 valence electrons. The van der Waals surface area contributed by atoms with Gasteiger partial charge in [0.1, 0.15) is 17.4 Å². The van der Waals surface area contributed by atoms with Crippen LogP contribution in [0.15, 0.2) is 50.5 Å². The van der Waals surface area contributed by atoms with E-state index in [9.17, 15) is 18.0 Å². The Labute approximate surface area is 193 Å². The molecule has 0 aliphatic heterocycles. The molecule has 3 rings (SSSR count). The largest absolute Gasteiger partial charge is 0.425 e. The fourth-order valence-corrected chi connectivity index (χ4v) is 4.79. The first-order chi connectivity index (χ1) is 15.5. The lowest BCUT2D eigenvalue weighted by Crippen LogP contribution is -2.47. The summed E-state index contributed by atoms with van der Waals surface area (Å²) < 4.78 is 39.4. The zero-order valence-electron chi connectivity index (χ0n) is 19.7. The van der Waals surface area contributed by atoms with Crippen LogP contribution in [0.2, 0.25) is 0 Å². The number of aryl methyl sites for hydroxylation is 3. The Morgan fingerprint density at radius 3 is 2.24 bits per heavy atom. The maximum absolute atomic E-state index is 13.1. The first-order valence-corrected chi connectivity index (χ1v) is 12.3. The van der Waals surface area contributed by atoms with Gasteiger partial charge in [0.25, 0.3) is 0 Å². The quantitative estimate of drug-likeness (QED) is 0.313. The number of nitrogens with one attached hydrogen (secondary N) is 1. The molecule has 3 aromatic rings. The molecule has 0 aliphatic carbocycles. The number of esters is 1. The van der Waals surface area contributed by atoms with Crippen LogP contribution < -0.4 is 15.1 Å². The van der Waals surface area contributed by atoms with Gasteiger partial charge >= 0.3 is 11.6 Å². The molecule has 0 fully saturated rings. The number of rotatable bonds is 7. The third-order valence-corrected chi connectivity index (χ3v) is 7.57. The van der Waals surface area contributed by atoms with Gasteiger partial charge in [-0.1, -0.05) is 38.0 Å². The predicted octanol–water partition coefficient (Wildman–Crippen LogP) is 4.33. The summed E-state index contributed by atoms with van der Waals surface area (Å²) in [7, 11) is -3.94. The fourth-order valence-electron chi connectivity index (χ4n) is 3.49. The van der Waals surface area contributed by atoms with Gasteiger partial charge < -0.3 is 9.15 Å². The van der Waals surface area contributed by atoms with E-state index >= 15 is 0 Å². The first-order valence-electron chi connectivity index (χ1n) is 10.8. The highest BCUT2D eigenvalue weighted by Gasteiger charge is 2.32. The average Bonchev–Trinajstić information content (AvgIpc) is 2.78. The van der Waals surface area contributed by atoms with Gasteiger partial charge in [0, 0.05) is 16.5 Å². The van der Waals surface area contributed by atoms with E-state index in [1.165, 1.54) is 12.1 Å². The second-order valence-electron chi connectivity index (χ2n) is 8.42. The van der Waals surface area contributed by atoms with Crippen molar-refractivity contribution in [2.75, 3.05) is 0 Å². The number of hydrogen-bond acceptors (Lipinski definition) is 6. The van der Waals surface area contributed by atoms with E-state index in [4.69, 9.17) is 9.15 Å². The van der Waals surface area contributed by atoms with Crippen molar-refractivity contribution >= 4 is 27.0 Å². The van der Waals surface area contributed by atoms with Crippen LogP contribution in [-0.2, 0) is 14.8 Å². The van der Waals surface area contributed by atoms with Gasteiger partial charge in [-0.05, 0) is 63.4 Å². The normalized spacial score (nSPS) is 13.6. The van der Waals surface area contributed by atoms with E-state index in [1.54, 1.807) is 45.0 Å². The highest BCUT2D eigenvalue weighted by molar-refractivity contribution is 7.89. The second kappa shape index (κ2) is 9.49. The number of hydrogen-bond donors (Lipinski definition) is 1. The Morgan fingerprint density at radius 1 is 1.00 bits per heavy atom. The van der Waals surface area contributed by atoms with Gasteiger partial charge in [-0.2, -0.15) is 4.72 Å². The Kier molecular flexibility index (Phi) is 7.09. The molecule has 1 N–H and O–H groups in total. The van der Waals surface area contributed by atoms with Gasteiger partial charge in [-0.25, -0.2) is 18.0 Å². The average molecular weight is 472 g/mol. The minimum atomic E-state index is -3.94. The topological polar surface area (TPSA) is 103 Å². The molecule has 8 heteroatoms. The third kappa shape index (κ3) is 5.02. The molecule has 33 heavy (non-hydrogen) atoms. The van der Waals surface area contributed by atoms with Crippen molar-refractivity contribution < 1.29 is 22.4 Å². The Balaban J connectivity index is 1.94. The van der Waals surface area contributed by atoms with Gasteiger partial charge in [-0.3, -0.25) is 0 Å². The molecule has 0 saturated carbocycles. The number of fused-ring (bicyclic) bond motifs is 1. The summed E-state index contributed by atoms with van der Waals surface area (Å²) in [6.07, 6.45) is 0.556. The zero-order chi connectivity index (χ0) is 24.5. The maximum Gasteiger partial charge on any atom is 0.339 e. The molecule has 0 saturated heterocycles. The Hall–Kier alpha value is -2.97. The van der Waals surface area contributed by atoms with E-state index < -0.39 is 27.7 Å². The number of carbonyl (C=O) groups excluding carboxylic acids is 1. The van der Waals surface area contributed by atoms with Crippen molar-refractivity contribution in [1.82, 2.24) is 4.72 Å². The minimum absolute atomic E-state index is 0.0729. The van der Waals surface area contributed by atoms with E-state index in [1.807, 2.05) is 20.8 Å². The summed E-state index contributed by atoms with van der Waals surface area (Å²) in [4.78, 5) is 25.3. The molecule has 2 atom stereocenters. The van der Waals surface area contributed by atoms with E-state index in [2.05, 4.69) is 4.72 Å². The van der Waals surface area contributed by atoms with Gasteiger partial charge in [0.05, 0.1) is 4.90 Å². The van der Waals surface area contributed by atoms with E-state index in [0.29, 0.717) is 23.1 Å². The van der Waals surface area contributed by atoms with Gasteiger partial charge in [0.2, 0.25) is 10.0 Å². The van der Waals surface area contributed by atoms with Crippen LogP contribution in [0.1, 0.15) is 42.5 Å². The third-order valence-electron chi connectivity index (χ3n) is 6.11. The summed E-state index contributed by atoms with van der Waals surface area (Å²) in [5, 5.41) is 0.753. The molecule has 0 aliphatic rings. The summed E-state index contributed by atoms with van der Waals surface area (Å²) >= 11 is 0. The van der Waals surface area contributed by atoms with Crippen molar-refractivity contribution in [3.63, 3.8) is 0 Å². The molecule has 1 heterocycles. The number of benzene rings is 2. The SMILES string of the molecule is CC[C@@H](C)[C@H](NS(=O)(=O)c1ccc(C)cc1)C(=O)Oc1ccc2c(C)c(C)c(=O)oc2c1C. The van der Waals surface area contributed by atoms with Crippen molar-refractivity contribution in [2.45, 2.75) is 58.9 Å². The zero-order valence-corrected chi connectivity index (χ0v) is 20.5. The first kappa shape index (κ1) is 24.7. The Bertz CT molecular complexity index is 1360. The second-order valence-corrected chi connectivity index (χ2v) is 10.1. The van der Waals surface area contributed by atoms with E-state index in [0.717, 1.165) is 16.5 Å². The highest BCUT2D eigenvalue weighted by Crippen LogP contribution is 2.30. The lowest BCUT2D eigenvalue weighted by molar-refractivity contribution is -0.137. The lowest BCUT2D eigenvalue weighted by atomic mass is 10.0. The van der Waals surface area contributed by atoms with Crippen LogP contribution in [0.4, 0.5) is 0 Å². The van der Waals surface area contributed by atoms with Gasteiger partial charge in [0.15, 0.2) is 0 Å². The van der Waals surface area contributed by atoms with Crippen molar-refractivity contribution in [1.29, 1.82) is 0 Å². The van der Waals surface area contributed by atoms with Crippen LogP contribution in [-0.4, -0.2) is 20.4 Å². The van der Waals surface area contributed by atoms with Crippen molar-refractivity contribution in [2.24, 2.45) is 5.92 Å². The molecule has 0 spiro atoms. The predicted molar refractivity (Wildman–Crippen MR) is 127 cm³/mol. The molecule has 7 nitrogen and oxygen atoms in total. The lowest BCUT2D eigenvalue weighted by Gasteiger charge is -2.23. The molecular weight excluding hydrogens is 442 g/mol. The van der Waals surface area contributed by atoms with Gasteiger partial charge in [-0.15, -0.1) is 0 Å². The van der Waals surface area contributed by atoms with Crippen LogP contribution in [0, 0.1) is 33.6 Å². The molecule has 0 unspecified atom stereocenters. The monoisotopic (exact) mass is 471 g/mol. The fraction of sp³-hybridized carbons (Fsp3) is 0.360. The standard InChI is InChI=1S/C25H29NO6S/c1-7-15(3)22(26-33(29,30)19-10-8-14(2)9-11-19)25(28)31-21-13-12-20-16(4)17(5)24(27)32-23(20)18(21)6/h8-13,15,22,26H,7H2,1-6H3/t15-,22+/m1/s1. The summed E-state index contributed by atoms with van der Waals surface area (Å²) in [5.41, 5.74) is 2.63. The number of ether oxygens (including phenoxy) is 1. The minimum Gasteiger partial charge on any atom is -0.425 e. The van der Waals surface area contributed by atoms with Crippen LogP contribution >= 0.6 is 0 Å². The number of sulfonamides is 1. The Morgan fingerprint density at radius 2 is 1.64 bits per heavy atom. The molecule has 0 bridgehead atoms.